The Balaban J connectivity index is 1.40. The number of hydrazone groups is 1. The lowest BCUT2D eigenvalue weighted by Gasteiger charge is -2.11. The molecule has 0 saturated carbocycles. The molecule has 0 atom stereocenters. The molecule has 0 aliphatic carbocycles. The van der Waals surface area contributed by atoms with E-state index in [0.717, 1.165) is 21.0 Å². The zero-order valence-corrected chi connectivity index (χ0v) is 19.2. The quantitative estimate of drug-likeness (QED) is 0.259. The molecule has 0 saturated heterocycles. The summed E-state index contributed by atoms with van der Waals surface area (Å²) in [5.41, 5.74) is 6.13. The largest absolute Gasteiger partial charge is 0.493 e. The average molecular weight is 493 g/mol. The van der Waals surface area contributed by atoms with E-state index in [1.54, 1.807) is 25.3 Å². The van der Waals surface area contributed by atoms with Gasteiger partial charge in [-0.1, -0.05) is 45.8 Å². The number of nitrogens with one attached hydrogen (secondary N) is 1. The van der Waals surface area contributed by atoms with Crippen molar-refractivity contribution in [2.45, 2.75) is 13.5 Å². The van der Waals surface area contributed by atoms with Crippen molar-refractivity contribution in [2.24, 2.45) is 5.10 Å². The summed E-state index contributed by atoms with van der Waals surface area (Å²) in [5, 5.41) is 4.86. The number of nitrogens with zero attached hydrogens (tertiary/aromatic N) is 1. The lowest BCUT2D eigenvalue weighted by Crippen LogP contribution is -2.16. The molecule has 0 unspecified atom stereocenters. The highest BCUT2D eigenvalue weighted by molar-refractivity contribution is 9.10. The molecule has 4 rings (SSSR count). The molecule has 1 heterocycles. The Bertz CT molecular complexity index is 1300. The normalized spacial score (nSPS) is 11.1. The van der Waals surface area contributed by atoms with Gasteiger partial charge in [0.05, 0.1) is 13.3 Å². The lowest BCUT2D eigenvalue weighted by atomic mass is 10.1. The van der Waals surface area contributed by atoms with Crippen molar-refractivity contribution in [3.05, 3.63) is 93.7 Å². The minimum absolute atomic E-state index is 0.188. The Labute approximate surface area is 194 Å². The van der Waals surface area contributed by atoms with Gasteiger partial charge in [-0.25, -0.2) is 5.43 Å². The topological polar surface area (TPSA) is 73.1 Å². The predicted octanol–water partition coefficient (Wildman–Crippen LogP) is 5.86. The Morgan fingerprint density at radius 2 is 1.97 bits per heavy atom. The molecule has 0 radical (unpaired) electrons. The van der Waals surface area contributed by atoms with E-state index >= 15 is 0 Å². The fourth-order valence-electron chi connectivity index (χ4n) is 3.19. The van der Waals surface area contributed by atoms with Crippen molar-refractivity contribution in [2.75, 3.05) is 7.11 Å². The van der Waals surface area contributed by atoms with Crippen LogP contribution in [-0.4, -0.2) is 19.2 Å². The molecule has 6 nitrogen and oxygen atoms in total. The van der Waals surface area contributed by atoms with Crippen molar-refractivity contribution >= 4 is 39.0 Å². The van der Waals surface area contributed by atoms with Gasteiger partial charge in [0.1, 0.15) is 12.2 Å². The standard InChI is InChI=1S/C25H21BrN2O4/c1-16-4-3-5-18(10-16)15-31-22-8-6-17(11-23(22)30-2)14-27-28-25(29)24-13-19-12-20(26)7-9-21(19)32-24/h3-14H,15H2,1-2H3,(H,28,29)/b27-14+. The number of aryl methyl sites for hydroxylation is 1. The number of benzene rings is 3. The van der Waals surface area contributed by atoms with E-state index < -0.39 is 5.91 Å². The highest BCUT2D eigenvalue weighted by atomic mass is 79.9. The maximum Gasteiger partial charge on any atom is 0.307 e. The zero-order valence-electron chi connectivity index (χ0n) is 17.6. The number of hydrogen-bond donors (Lipinski definition) is 1. The molecule has 4 aromatic rings. The van der Waals surface area contributed by atoms with Crippen LogP contribution in [0.15, 0.2) is 80.7 Å². The van der Waals surface area contributed by atoms with Gasteiger partial charge in [-0.15, -0.1) is 0 Å². The first kappa shape index (κ1) is 21.6. The van der Waals surface area contributed by atoms with Crippen LogP contribution in [0.2, 0.25) is 0 Å². The maximum atomic E-state index is 12.3. The number of halogens is 1. The number of rotatable bonds is 7. The van der Waals surface area contributed by atoms with Crippen LogP contribution < -0.4 is 14.9 Å². The summed E-state index contributed by atoms with van der Waals surface area (Å²) in [6.07, 6.45) is 1.53. The monoisotopic (exact) mass is 492 g/mol. The van der Waals surface area contributed by atoms with E-state index in [9.17, 15) is 4.79 Å². The van der Waals surface area contributed by atoms with Crippen molar-refractivity contribution in [3.63, 3.8) is 0 Å². The fraction of sp³-hybridized carbons (Fsp3) is 0.120. The van der Waals surface area contributed by atoms with Crippen LogP contribution in [0.3, 0.4) is 0 Å². The summed E-state index contributed by atoms with van der Waals surface area (Å²) < 4.78 is 17.8. The van der Waals surface area contributed by atoms with Crippen LogP contribution in [-0.2, 0) is 6.61 Å². The minimum Gasteiger partial charge on any atom is -0.493 e. The Kier molecular flexibility index (Phi) is 6.56. The van der Waals surface area contributed by atoms with Crippen LogP contribution in [0.25, 0.3) is 11.0 Å². The summed E-state index contributed by atoms with van der Waals surface area (Å²) in [6, 6.07) is 20.8. The van der Waals surface area contributed by atoms with Crippen molar-refractivity contribution < 1.29 is 18.7 Å². The Morgan fingerprint density at radius 1 is 1.09 bits per heavy atom. The number of carbonyl (C=O) groups is 1. The molecule has 0 spiro atoms. The van der Waals surface area contributed by atoms with Crippen LogP contribution in [0.5, 0.6) is 11.5 Å². The molecule has 0 fully saturated rings. The molecule has 162 valence electrons. The highest BCUT2D eigenvalue weighted by Gasteiger charge is 2.12. The molecule has 7 heteroatoms. The zero-order chi connectivity index (χ0) is 22.5. The number of amides is 1. The molecular weight excluding hydrogens is 472 g/mol. The highest BCUT2D eigenvalue weighted by Crippen LogP contribution is 2.28. The summed E-state index contributed by atoms with van der Waals surface area (Å²) in [5.74, 6) is 0.964. The van der Waals surface area contributed by atoms with Crippen LogP contribution in [0, 0.1) is 6.92 Å². The van der Waals surface area contributed by atoms with E-state index in [1.807, 2.05) is 49.4 Å². The van der Waals surface area contributed by atoms with Crippen molar-refractivity contribution in [1.82, 2.24) is 5.43 Å². The molecule has 3 aromatic carbocycles. The molecule has 1 N–H and O–H groups in total. The number of fused-ring (bicyclic) bond motifs is 1. The summed E-state index contributed by atoms with van der Waals surface area (Å²) in [6.45, 7) is 2.49. The van der Waals surface area contributed by atoms with Gasteiger partial charge in [-0.3, -0.25) is 4.79 Å². The van der Waals surface area contributed by atoms with E-state index in [1.165, 1.54) is 11.8 Å². The lowest BCUT2D eigenvalue weighted by molar-refractivity contribution is 0.0929. The first-order chi connectivity index (χ1) is 15.5. The second-order valence-corrected chi connectivity index (χ2v) is 8.10. The van der Waals surface area contributed by atoms with Crippen molar-refractivity contribution in [1.29, 1.82) is 0 Å². The number of carbonyl (C=O) groups excluding carboxylic acids is 1. The number of furan rings is 1. The van der Waals surface area contributed by atoms with Crippen LogP contribution in [0.4, 0.5) is 0 Å². The van der Waals surface area contributed by atoms with Crippen LogP contribution in [0.1, 0.15) is 27.2 Å². The first-order valence-electron chi connectivity index (χ1n) is 9.91. The van der Waals surface area contributed by atoms with Gasteiger partial charge in [0.25, 0.3) is 0 Å². The number of methoxy groups -OCH3 is 1. The SMILES string of the molecule is COc1cc(/C=N/NC(=O)c2cc3cc(Br)ccc3o2)ccc1OCc1cccc(C)c1. The second kappa shape index (κ2) is 9.70. The predicted molar refractivity (Wildman–Crippen MR) is 127 cm³/mol. The Morgan fingerprint density at radius 3 is 2.78 bits per heavy atom. The Hall–Kier alpha value is -3.58. The van der Waals surface area contributed by atoms with E-state index in [0.29, 0.717) is 23.7 Å². The first-order valence-corrected chi connectivity index (χ1v) is 10.7. The van der Waals surface area contributed by atoms with Crippen molar-refractivity contribution in [3.8, 4) is 11.5 Å². The summed E-state index contributed by atoms with van der Waals surface area (Å²) in [7, 11) is 1.58. The third-order valence-corrected chi connectivity index (χ3v) is 5.24. The van der Waals surface area contributed by atoms with E-state index in [4.69, 9.17) is 13.9 Å². The average Bonchev–Trinajstić information content (AvgIpc) is 3.21. The van der Waals surface area contributed by atoms with E-state index in [2.05, 4.69) is 32.5 Å². The van der Waals surface area contributed by atoms with Gasteiger partial charge in [0, 0.05) is 9.86 Å². The van der Waals surface area contributed by atoms with Gasteiger partial charge in [0.2, 0.25) is 0 Å². The third-order valence-electron chi connectivity index (χ3n) is 4.75. The van der Waals surface area contributed by atoms with E-state index in [-0.39, 0.29) is 5.76 Å². The number of ether oxygens (including phenoxy) is 2. The van der Waals surface area contributed by atoms with Gasteiger partial charge < -0.3 is 13.9 Å². The maximum absolute atomic E-state index is 12.3. The van der Waals surface area contributed by atoms with Gasteiger partial charge in [-0.2, -0.15) is 5.10 Å². The molecule has 1 amide bonds. The fourth-order valence-corrected chi connectivity index (χ4v) is 3.57. The molecule has 0 aliphatic rings. The summed E-state index contributed by atoms with van der Waals surface area (Å²) >= 11 is 3.40. The van der Waals surface area contributed by atoms with Gasteiger partial charge >= 0.3 is 5.91 Å². The molecule has 0 bridgehead atoms. The second-order valence-electron chi connectivity index (χ2n) is 7.18. The molecular formula is C25H21BrN2O4. The molecule has 0 aliphatic heterocycles. The number of hydrogen-bond acceptors (Lipinski definition) is 5. The summed E-state index contributed by atoms with van der Waals surface area (Å²) in [4.78, 5) is 12.3. The third kappa shape index (κ3) is 5.18. The van der Waals surface area contributed by atoms with Gasteiger partial charge in [0.15, 0.2) is 17.3 Å². The minimum atomic E-state index is -0.432. The molecule has 32 heavy (non-hydrogen) atoms. The molecule has 1 aromatic heterocycles. The van der Waals surface area contributed by atoms with Gasteiger partial charge in [-0.05, 0) is 60.5 Å². The smallest absolute Gasteiger partial charge is 0.307 e. The van der Waals surface area contributed by atoms with Crippen LogP contribution >= 0.6 is 15.9 Å².